The van der Waals surface area contributed by atoms with Gasteiger partial charge in [-0.25, -0.2) is 9.37 Å². The van der Waals surface area contributed by atoms with E-state index in [0.717, 1.165) is 0 Å². The van der Waals surface area contributed by atoms with E-state index in [4.69, 9.17) is 9.47 Å². The SMILES string of the molecule is CC(C)Oc1ncc(/C(F)=C(\F)C(F)(F)F)c(OC(C)C)n1. The lowest BCUT2D eigenvalue weighted by atomic mass is 10.2. The van der Waals surface area contributed by atoms with E-state index in [9.17, 15) is 22.0 Å². The molecule has 124 valence electrons. The molecule has 22 heavy (non-hydrogen) atoms. The zero-order valence-electron chi connectivity index (χ0n) is 12.3. The lowest BCUT2D eigenvalue weighted by Crippen LogP contribution is -2.14. The standard InChI is InChI=1S/C13H15F5N2O2/c1-6(2)21-11-8(9(14)10(15)13(16,17)18)5-19-12(20-11)22-7(3)4/h5-7H,1-4H3/b10-9+. The van der Waals surface area contributed by atoms with Crippen LogP contribution in [0.3, 0.4) is 0 Å². The van der Waals surface area contributed by atoms with Crippen LogP contribution in [0.15, 0.2) is 12.0 Å². The second-order valence-corrected chi connectivity index (χ2v) is 4.83. The molecular formula is C13H15F5N2O2. The molecule has 0 unspecified atom stereocenters. The molecule has 0 fully saturated rings. The number of hydrogen-bond acceptors (Lipinski definition) is 4. The van der Waals surface area contributed by atoms with Gasteiger partial charge in [-0.3, -0.25) is 0 Å². The Morgan fingerprint density at radius 1 is 1.05 bits per heavy atom. The fourth-order valence-electron chi connectivity index (χ4n) is 1.32. The van der Waals surface area contributed by atoms with Crippen molar-refractivity contribution in [1.29, 1.82) is 0 Å². The van der Waals surface area contributed by atoms with Gasteiger partial charge in [0.2, 0.25) is 11.7 Å². The van der Waals surface area contributed by atoms with Crippen molar-refractivity contribution in [2.45, 2.75) is 46.1 Å². The van der Waals surface area contributed by atoms with E-state index in [1.54, 1.807) is 27.7 Å². The molecule has 0 spiro atoms. The van der Waals surface area contributed by atoms with Crippen molar-refractivity contribution in [3.8, 4) is 11.9 Å². The molecule has 4 nitrogen and oxygen atoms in total. The summed E-state index contributed by atoms with van der Waals surface area (Å²) in [5.41, 5.74) is -0.834. The predicted octanol–water partition coefficient (Wildman–Crippen LogP) is 4.22. The molecule has 0 aromatic carbocycles. The first-order chi connectivity index (χ1) is 10.0. The maximum absolute atomic E-state index is 13.7. The number of allylic oxidation sites excluding steroid dienone is 1. The van der Waals surface area contributed by atoms with Crippen LogP contribution < -0.4 is 9.47 Å². The molecule has 9 heteroatoms. The van der Waals surface area contributed by atoms with Crippen LogP contribution in [0.2, 0.25) is 0 Å². The average molecular weight is 326 g/mol. The van der Waals surface area contributed by atoms with E-state index in [-0.39, 0.29) is 12.1 Å². The molecule has 0 aliphatic carbocycles. The van der Waals surface area contributed by atoms with Gasteiger partial charge in [-0.15, -0.1) is 0 Å². The van der Waals surface area contributed by atoms with E-state index in [1.807, 2.05) is 0 Å². The Hall–Kier alpha value is -1.93. The lowest BCUT2D eigenvalue weighted by Gasteiger charge is -2.15. The second-order valence-electron chi connectivity index (χ2n) is 4.83. The average Bonchev–Trinajstić information content (AvgIpc) is 2.34. The van der Waals surface area contributed by atoms with Crippen LogP contribution in [-0.2, 0) is 0 Å². The zero-order chi connectivity index (χ0) is 17.1. The summed E-state index contributed by atoms with van der Waals surface area (Å²) in [4.78, 5) is 7.23. The molecule has 1 aromatic rings. The van der Waals surface area contributed by atoms with E-state index in [1.165, 1.54) is 0 Å². The molecule has 1 rings (SSSR count). The molecule has 0 bridgehead atoms. The normalized spacial score (nSPS) is 13.4. The molecule has 0 aliphatic heterocycles. The van der Waals surface area contributed by atoms with Crippen molar-refractivity contribution in [2.75, 3.05) is 0 Å². The molecule has 0 saturated heterocycles. The van der Waals surface area contributed by atoms with E-state index in [2.05, 4.69) is 9.97 Å². The molecule has 0 amide bonds. The smallest absolute Gasteiger partial charge is 0.445 e. The molecular weight excluding hydrogens is 311 g/mol. The molecule has 0 atom stereocenters. The number of alkyl halides is 3. The van der Waals surface area contributed by atoms with Gasteiger partial charge in [0.05, 0.1) is 17.8 Å². The summed E-state index contributed by atoms with van der Waals surface area (Å²) in [5, 5.41) is 0. The van der Waals surface area contributed by atoms with Gasteiger partial charge in [-0.1, -0.05) is 0 Å². The number of aromatic nitrogens is 2. The van der Waals surface area contributed by atoms with Gasteiger partial charge in [0.25, 0.3) is 0 Å². The quantitative estimate of drug-likeness (QED) is 0.760. The summed E-state index contributed by atoms with van der Waals surface area (Å²) in [6.07, 6.45) is -5.61. The number of halogens is 5. The summed E-state index contributed by atoms with van der Waals surface area (Å²) in [5.74, 6) is -5.54. The fraction of sp³-hybridized carbons (Fsp3) is 0.538. The van der Waals surface area contributed by atoms with Gasteiger partial charge in [0, 0.05) is 6.20 Å². The van der Waals surface area contributed by atoms with Crippen LogP contribution in [-0.4, -0.2) is 28.4 Å². The Morgan fingerprint density at radius 3 is 2.05 bits per heavy atom. The van der Waals surface area contributed by atoms with Crippen LogP contribution in [0.5, 0.6) is 11.9 Å². The van der Waals surface area contributed by atoms with Crippen molar-refractivity contribution in [3.63, 3.8) is 0 Å². The maximum atomic E-state index is 13.7. The molecule has 0 N–H and O–H groups in total. The third kappa shape index (κ3) is 4.81. The molecule has 0 aliphatic rings. The lowest BCUT2D eigenvalue weighted by molar-refractivity contribution is -0.108. The number of rotatable bonds is 5. The van der Waals surface area contributed by atoms with Gasteiger partial charge in [0.15, 0.2) is 5.83 Å². The van der Waals surface area contributed by atoms with Gasteiger partial charge in [0.1, 0.15) is 0 Å². The van der Waals surface area contributed by atoms with Crippen LogP contribution >= 0.6 is 0 Å². The first-order valence-corrected chi connectivity index (χ1v) is 6.35. The molecule has 1 heterocycles. The highest BCUT2D eigenvalue weighted by Gasteiger charge is 2.39. The third-order valence-corrected chi connectivity index (χ3v) is 2.10. The number of ether oxygens (including phenoxy) is 2. The van der Waals surface area contributed by atoms with Crippen molar-refractivity contribution in [2.24, 2.45) is 0 Å². The largest absolute Gasteiger partial charge is 0.474 e. The van der Waals surface area contributed by atoms with Crippen LogP contribution in [0.25, 0.3) is 5.83 Å². The summed E-state index contributed by atoms with van der Waals surface area (Å²) in [6.45, 7) is 6.45. The van der Waals surface area contributed by atoms with Crippen molar-refractivity contribution < 1.29 is 31.4 Å². The Bertz CT molecular complexity index is 556. The van der Waals surface area contributed by atoms with Crippen LogP contribution in [0.4, 0.5) is 22.0 Å². The van der Waals surface area contributed by atoms with Gasteiger partial charge in [-0.05, 0) is 27.7 Å². The van der Waals surface area contributed by atoms with Crippen LogP contribution in [0, 0.1) is 0 Å². The highest BCUT2D eigenvalue weighted by atomic mass is 19.4. The summed E-state index contributed by atoms with van der Waals surface area (Å²) >= 11 is 0. The Kier molecular flexibility index (Phi) is 5.67. The number of hydrogen-bond donors (Lipinski definition) is 0. The molecule has 0 saturated carbocycles. The van der Waals surface area contributed by atoms with E-state index < -0.39 is 35.4 Å². The topological polar surface area (TPSA) is 44.2 Å². The van der Waals surface area contributed by atoms with Crippen molar-refractivity contribution >= 4 is 5.83 Å². The summed E-state index contributed by atoms with van der Waals surface area (Å²) in [6, 6.07) is -0.213. The maximum Gasteiger partial charge on any atom is 0.445 e. The first kappa shape index (κ1) is 18.1. The highest BCUT2D eigenvalue weighted by molar-refractivity contribution is 5.65. The van der Waals surface area contributed by atoms with Gasteiger partial charge < -0.3 is 9.47 Å². The minimum absolute atomic E-state index is 0.213. The van der Waals surface area contributed by atoms with E-state index >= 15 is 0 Å². The number of nitrogens with zero attached hydrogens (tertiary/aromatic N) is 2. The zero-order valence-corrected chi connectivity index (χ0v) is 12.3. The Labute approximate surface area is 124 Å². The fourth-order valence-corrected chi connectivity index (χ4v) is 1.32. The van der Waals surface area contributed by atoms with Crippen LogP contribution in [0.1, 0.15) is 33.3 Å². The van der Waals surface area contributed by atoms with Crippen molar-refractivity contribution in [1.82, 2.24) is 9.97 Å². The van der Waals surface area contributed by atoms with Gasteiger partial charge >= 0.3 is 12.2 Å². The molecule has 1 aromatic heterocycles. The third-order valence-electron chi connectivity index (χ3n) is 2.10. The predicted molar refractivity (Wildman–Crippen MR) is 68.8 cm³/mol. The molecule has 0 radical (unpaired) electrons. The first-order valence-electron chi connectivity index (χ1n) is 6.35. The monoisotopic (exact) mass is 326 g/mol. The summed E-state index contributed by atoms with van der Waals surface area (Å²) < 4.78 is 73.8. The minimum Gasteiger partial charge on any atom is -0.474 e. The Balaban J connectivity index is 3.34. The van der Waals surface area contributed by atoms with Gasteiger partial charge in [-0.2, -0.15) is 22.5 Å². The minimum atomic E-state index is -5.45. The highest BCUT2D eigenvalue weighted by Crippen LogP contribution is 2.37. The summed E-state index contributed by atoms with van der Waals surface area (Å²) in [7, 11) is 0. The van der Waals surface area contributed by atoms with Crippen molar-refractivity contribution in [3.05, 3.63) is 17.6 Å². The Morgan fingerprint density at radius 2 is 1.59 bits per heavy atom. The second kappa shape index (κ2) is 6.89. The van der Waals surface area contributed by atoms with E-state index in [0.29, 0.717) is 6.20 Å².